The smallest absolute Gasteiger partial charge is 1.00 e. The van der Waals surface area contributed by atoms with Crippen molar-refractivity contribution in [2.45, 2.75) is 52.1 Å². The Hall–Kier alpha value is 0.913. The van der Waals surface area contributed by atoms with Crippen molar-refractivity contribution in [2.24, 2.45) is 0 Å². The van der Waals surface area contributed by atoms with Crippen molar-refractivity contribution >= 4 is 16.1 Å². The zero-order chi connectivity index (χ0) is 13.8. The summed E-state index contributed by atoms with van der Waals surface area (Å²) in [5.74, 6) is 0. The third kappa shape index (κ3) is 7.47. The first-order valence-electron chi connectivity index (χ1n) is 6.77. The van der Waals surface area contributed by atoms with Crippen LogP contribution in [-0.2, 0) is 0 Å². The molecule has 0 amide bonds. The molecule has 0 saturated carbocycles. The van der Waals surface area contributed by atoms with Crippen LogP contribution in [-0.4, -0.2) is 16.1 Å². The van der Waals surface area contributed by atoms with E-state index in [9.17, 15) is 0 Å². The van der Waals surface area contributed by atoms with Gasteiger partial charge in [-0.1, -0.05) is 39.3 Å². The molecule has 0 unspecified atom stereocenters. The molecular formula is C16H27Si2Yb-. The van der Waals surface area contributed by atoms with Gasteiger partial charge in [0.15, 0.2) is 0 Å². The van der Waals surface area contributed by atoms with Crippen LogP contribution in [0.1, 0.15) is 14.3 Å². The molecule has 0 radical (unpaired) electrons. The summed E-state index contributed by atoms with van der Waals surface area (Å²) in [7, 11) is -2.01. The second kappa shape index (κ2) is 8.38. The second-order valence-corrected chi connectivity index (χ2v) is 17.0. The van der Waals surface area contributed by atoms with Crippen molar-refractivity contribution < 1.29 is 48.4 Å². The van der Waals surface area contributed by atoms with Crippen molar-refractivity contribution in [1.82, 2.24) is 0 Å². The molecule has 0 N–H and O–H groups in total. The molecule has 2 rings (SSSR count). The Kier molecular flexibility index (Phi) is 8.78. The Balaban J connectivity index is 0. The second-order valence-electron chi connectivity index (χ2n) is 6.89. The Labute approximate surface area is 161 Å². The fourth-order valence-electron chi connectivity index (χ4n) is 1.84. The molecule has 0 aromatic rings. The van der Waals surface area contributed by atoms with Crippen molar-refractivity contribution in [2.75, 3.05) is 0 Å². The van der Waals surface area contributed by atoms with E-state index in [0.29, 0.717) is 0 Å². The minimum absolute atomic E-state index is 0. The average Bonchev–Trinajstić information content (AvgIpc) is 2.91. The topological polar surface area (TPSA) is 0 Å². The molecule has 0 atom stereocenters. The van der Waals surface area contributed by atoms with Crippen LogP contribution >= 0.6 is 0 Å². The van der Waals surface area contributed by atoms with Gasteiger partial charge in [-0.25, -0.2) is 22.5 Å². The first-order valence-corrected chi connectivity index (χ1v) is 13.8. The van der Waals surface area contributed by atoms with Crippen molar-refractivity contribution in [3.63, 3.8) is 0 Å². The molecule has 0 aromatic heterocycles. The van der Waals surface area contributed by atoms with E-state index in [1.807, 2.05) is 0 Å². The summed E-state index contributed by atoms with van der Waals surface area (Å²) >= 11 is 0. The molecule has 114 valence electrons. The maximum absolute atomic E-state index is 3.36. The summed E-state index contributed by atoms with van der Waals surface area (Å²) in [5, 5.41) is 2.98. The van der Waals surface area contributed by atoms with E-state index >= 15 is 0 Å². The third-order valence-corrected chi connectivity index (χ3v) is 6.92. The van der Waals surface area contributed by atoms with E-state index in [0.717, 1.165) is 12.8 Å². The molecule has 0 aromatic carbocycles. The molecule has 0 heterocycles. The molecular weight excluding hydrogens is 421 g/mol. The Morgan fingerprint density at radius 2 is 1.11 bits per heavy atom. The van der Waals surface area contributed by atoms with E-state index in [-0.39, 0.29) is 48.4 Å². The Morgan fingerprint density at radius 1 is 0.789 bits per heavy atom. The number of hydrogen-bond acceptors (Lipinski definition) is 0. The summed E-state index contributed by atoms with van der Waals surface area (Å²) in [6, 6.07) is 0. The first-order chi connectivity index (χ1) is 8.21. The molecule has 0 spiro atoms. The van der Waals surface area contributed by atoms with Gasteiger partial charge >= 0.3 is 46.9 Å². The molecule has 3 heteroatoms. The van der Waals surface area contributed by atoms with Gasteiger partial charge in [-0.2, -0.15) is 12.2 Å². The first kappa shape index (κ1) is 19.9. The summed E-state index contributed by atoms with van der Waals surface area (Å²) in [6.07, 6.45) is 17.6. The fraction of sp³-hybridized carbons (Fsp3) is 0.500. The van der Waals surface area contributed by atoms with E-state index < -0.39 is 16.1 Å². The molecule has 2 aliphatic rings. The zero-order valence-corrected chi connectivity index (χ0v) is 16.7. The molecule has 0 aliphatic heterocycles. The zero-order valence-electron chi connectivity index (χ0n) is 14.0. The summed E-state index contributed by atoms with van der Waals surface area (Å²) in [4.78, 5) is 0. The number of allylic oxidation sites excluding steroid dienone is 8. The van der Waals surface area contributed by atoms with E-state index in [1.165, 1.54) is 10.4 Å². The molecule has 19 heavy (non-hydrogen) atoms. The van der Waals surface area contributed by atoms with Crippen molar-refractivity contribution in [3.05, 3.63) is 46.8 Å². The van der Waals surface area contributed by atoms with Gasteiger partial charge in [0, 0.05) is 16.1 Å². The predicted octanol–water partition coefficient (Wildman–Crippen LogP) is 5.22. The van der Waals surface area contributed by atoms with Crippen LogP contribution in [0.4, 0.5) is 0 Å². The molecule has 0 fully saturated rings. The minimum Gasteiger partial charge on any atom is -1.00 e. The van der Waals surface area contributed by atoms with E-state index in [1.54, 1.807) is 0 Å². The quantitative estimate of drug-likeness (QED) is 0.401. The Bertz CT molecular complexity index is 367. The van der Waals surface area contributed by atoms with Crippen molar-refractivity contribution in [3.8, 4) is 0 Å². The average molecular weight is 449 g/mol. The van der Waals surface area contributed by atoms with Gasteiger partial charge in [-0.15, -0.1) is 12.8 Å². The van der Waals surface area contributed by atoms with Crippen LogP contribution in [0.5, 0.6) is 0 Å². The SMILES string of the molecule is C[Si](C)(C)C1=[C-]CC=C1.C[Si](C)(C)C1=[C-]CC=C1.[H-].[Yb+2]. The normalized spacial score (nSPS) is 17.4. The summed E-state index contributed by atoms with van der Waals surface area (Å²) < 4.78 is 0. The Morgan fingerprint density at radius 3 is 1.21 bits per heavy atom. The van der Waals surface area contributed by atoms with Crippen LogP contribution in [0, 0.1) is 59.1 Å². The van der Waals surface area contributed by atoms with E-state index in [2.05, 4.69) is 75.7 Å². The van der Waals surface area contributed by atoms with Crippen LogP contribution in [0.2, 0.25) is 39.3 Å². The van der Waals surface area contributed by atoms with Gasteiger partial charge in [-0.05, 0) is 0 Å². The van der Waals surface area contributed by atoms with Gasteiger partial charge in [0.1, 0.15) is 0 Å². The minimum atomic E-state index is -1.01. The molecule has 2 aliphatic carbocycles. The third-order valence-electron chi connectivity index (χ3n) is 3.01. The fourth-order valence-corrected chi connectivity index (χ4v) is 4.34. The van der Waals surface area contributed by atoms with Gasteiger partial charge < -0.3 is 1.43 Å². The maximum atomic E-state index is 3.36. The van der Waals surface area contributed by atoms with Gasteiger partial charge in [-0.3, -0.25) is 12.2 Å². The summed E-state index contributed by atoms with van der Waals surface area (Å²) in [5.41, 5.74) is 0. The maximum Gasteiger partial charge on any atom is 2.00 e. The van der Waals surface area contributed by atoms with Crippen LogP contribution < -0.4 is 0 Å². The van der Waals surface area contributed by atoms with Gasteiger partial charge in [0.05, 0.1) is 0 Å². The van der Waals surface area contributed by atoms with Crippen LogP contribution in [0.15, 0.2) is 34.7 Å². The number of rotatable bonds is 2. The summed E-state index contributed by atoms with van der Waals surface area (Å²) in [6.45, 7) is 14.1. The molecule has 0 bridgehead atoms. The molecule has 0 saturated heterocycles. The largest absolute Gasteiger partial charge is 2.00 e. The van der Waals surface area contributed by atoms with E-state index in [4.69, 9.17) is 0 Å². The molecule has 0 nitrogen and oxygen atoms in total. The van der Waals surface area contributed by atoms with Crippen molar-refractivity contribution in [1.29, 1.82) is 0 Å². The number of hydrogen-bond donors (Lipinski definition) is 0. The van der Waals surface area contributed by atoms with Crippen LogP contribution in [0.25, 0.3) is 0 Å². The van der Waals surface area contributed by atoms with Crippen LogP contribution in [0.3, 0.4) is 0 Å². The van der Waals surface area contributed by atoms with Gasteiger partial charge in [0.2, 0.25) is 0 Å². The standard InChI is InChI=1S/2C8H13Si.Yb.H/c2*1-9(2,3)8-6-4-5-7-8;;/h2*4,6H,5H2,1-3H3;;/q2*-1;+2;-1. The van der Waals surface area contributed by atoms with Gasteiger partial charge in [0.25, 0.3) is 0 Å². The predicted molar refractivity (Wildman–Crippen MR) is 88.8 cm³/mol. The monoisotopic (exact) mass is 449 g/mol.